The van der Waals surface area contributed by atoms with E-state index in [1.807, 2.05) is 13.0 Å². The van der Waals surface area contributed by atoms with Crippen molar-refractivity contribution in [2.45, 2.75) is 37.7 Å². The molecule has 2 aromatic rings. The smallest absolute Gasteiger partial charge is 0.225 e. The minimum Gasteiger partial charge on any atom is -0.310 e. The lowest BCUT2D eigenvalue weighted by Gasteiger charge is -2.11. The third-order valence-corrected chi connectivity index (χ3v) is 5.53. The van der Waals surface area contributed by atoms with Crippen LogP contribution in [-0.4, -0.2) is 24.1 Å². The fourth-order valence-electron chi connectivity index (χ4n) is 2.70. The van der Waals surface area contributed by atoms with Gasteiger partial charge in [0, 0.05) is 17.0 Å². The molecule has 1 aromatic heterocycles. The zero-order chi connectivity index (χ0) is 17.3. The van der Waals surface area contributed by atoms with Crippen LogP contribution in [0.15, 0.2) is 24.3 Å². The Balaban J connectivity index is 2.02. The maximum absolute atomic E-state index is 12.2. The van der Waals surface area contributed by atoms with Crippen LogP contribution in [0.25, 0.3) is 5.69 Å². The summed E-state index contributed by atoms with van der Waals surface area (Å²) in [5, 5.41) is 7.77. The van der Waals surface area contributed by atoms with Crippen LogP contribution in [0.1, 0.15) is 37.4 Å². The number of anilines is 1. The Kier molecular flexibility index (Phi) is 4.64. The van der Waals surface area contributed by atoms with Crippen LogP contribution in [-0.2, 0) is 26.1 Å². The molecule has 0 atom stereocenters. The largest absolute Gasteiger partial charge is 0.310 e. The lowest BCUT2D eigenvalue weighted by Crippen LogP contribution is -2.16. The number of unbranched alkanes of at least 4 members (excludes halogenated alkanes) is 1. The Hall–Kier alpha value is -1.86. The van der Waals surface area contributed by atoms with Crippen LogP contribution < -0.4 is 5.32 Å². The first-order chi connectivity index (χ1) is 11.4. The Morgan fingerprint density at radius 2 is 2.17 bits per heavy atom. The Labute approximate surface area is 145 Å². The summed E-state index contributed by atoms with van der Waals surface area (Å²) in [4.78, 5) is 12.2. The van der Waals surface area contributed by atoms with E-state index in [4.69, 9.17) is 11.6 Å². The van der Waals surface area contributed by atoms with Crippen molar-refractivity contribution in [2.24, 2.45) is 0 Å². The van der Waals surface area contributed by atoms with Gasteiger partial charge in [-0.2, -0.15) is 5.10 Å². The third-order valence-electron chi connectivity index (χ3n) is 3.86. The molecule has 24 heavy (non-hydrogen) atoms. The van der Waals surface area contributed by atoms with Crippen molar-refractivity contribution in [3.05, 3.63) is 40.5 Å². The van der Waals surface area contributed by atoms with Gasteiger partial charge in [0.25, 0.3) is 0 Å². The molecule has 1 N–H and O–H groups in total. The molecule has 0 fully saturated rings. The van der Waals surface area contributed by atoms with E-state index in [1.165, 1.54) is 0 Å². The number of nitrogens with zero attached hydrogens (tertiary/aromatic N) is 2. The molecule has 0 unspecified atom stereocenters. The highest BCUT2D eigenvalue weighted by Gasteiger charge is 2.33. The molecular formula is C16H18ClN3O3S. The second kappa shape index (κ2) is 6.57. The highest BCUT2D eigenvalue weighted by atomic mass is 35.5. The molecule has 3 rings (SSSR count). The van der Waals surface area contributed by atoms with Crippen LogP contribution >= 0.6 is 11.6 Å². The normalized spacial score (nSPS) is 15.2. The maximum atomic E-state index is 12.2. The average molecular weight is 368 g/mol. The van der Waals surface area contributed by atoms with Gasteiger partial charge in [0.2, 0.25) is 5.91 Å². The van der Waals surface area contributed by atoms with Gasteiger partial charge in [-0.1, -0.05) is 31.0 Å². The Morgan fingerprint density at radius 1 is 1.38 bits per heavy atom. The molecular weight excluding hydrogens is 350 g/mol. The van der Waals surface area contributed by atoms with Gasteiger partial charge in [0.05, 0.1) is 22.9 Å². The summed E-state index contributed by atoms with van der Waals surface area (Å²) in [7, 11) is -3.20. The molecule has 0 saturated heterocycles. The van der Waals surface area contributed by atoms with E-state index in [-0.39, 0.29) is 17.4 Å². The van der Waals surface area contributed by atoms with E-state index in [0.717, 1.165) is 12.8 Å². The summed E-state index contributed by atoms with van der Waals surface area (Å²) in [5.74, 6) is 0.0709. The first-order valence-corrected chi connectivity index (χ1v) is 9.96. The quantitative estimate of drug-likeness (QED) is 0.880. The second-order valence-corrected chi connectivity index (χ2v) is 8.35. The number of carbonyl (C=O) groups is 1. The fourth-order valence-corrected chi connectivity index (χ4v) is 4.38. The monoisotopic (exact) mass is 367 g/mol. The summed E-state index contributed by atoms with van der Waals surface area (Å²) in [5.41, 5.74) is 1.74. The molecule has 1 aliphatic heterocycles. The maximum Gasteiger partial charge on any atom is 0.225 e. The van der Waals surface area contributed by atoms with Crippen molar-refractivity contribution in [2.75, 3.05) is 5.32 Å². The summed E-state index contributed by atoms with van der Waals surface area (Å²) in [6.07, 6.45) is 2.07. The minimum absolute atomic E-state index is 0.103. The average Bonchev–Trinajstić information content (AvgIpc) is 2.98. The van der Waals surface area contributed by atoms with E-state index < -0.39 is 9.84 Å². The SMILES string of the molecule is CCCCC(=O)Nc1c2c(nn1-c1cccc(Cl)c1)CS(=O)(=O)C2. The van der Waals surface area contributed by atoms with Crippen LogP contribution in [0.2, 0.25) is 5.02 Å². The Morgan fingerprint density at radius 3 is 2.88 bits per heavy atom. The highest BCUT2D eigenvalue weighted by molar-refractivity contribution is 7.90. The number of nitrogens with one attached hydrogen (secondary N) is 1. The molecule has 6 nitrogen and oxygen atoms in total. The minimum atomic E-state index is -3.20. The number of hydrogen-bond acceptors (Lipinski definition) is 4. The van der Waals surface area contributed by atoms with Crippen LogP contribution in [0.5, 0.6) is 0 Å². The van der Waals surface area contributed by atoms with Crippen molar-refractivity contribution < 1.29 is 13.2 Å². The van der Waals surface area contributed by atoms with Crippen molar-refractivity contribution in [1.82, 2.24) is 9.78 Å². The first-order valence-electron chi connectivity index (χ1n) is 7.76. The molecule has 0 radical (unpaired) electrons. The third kappa shape index (κ3) is 3.47. The fraction of sp³-hybridized carbons (Fsp3) is 0.375. The van der Waals surface area contributed by atoms with Crippen LogP contribution in [0.3, 0.4) is 0 Å². The number of fused-ring (bicyclic) bond motifs is 1. The summed E-state index contributed by atoms with van der Waals surface area (Å²) in [6, 6.07) is 7.06. The zero-order valence-electron chi connectivity index (χ0n) is 13.3. The van der Waals surface area contributed by atoms with E-state index in [9.17, 15) is 13.2 Å². The van der Waals surface area contributed by atoms with E-state index in [2.05, 4.69) is 10.4 Å². The zero-order valence-corrected chi connectivity index (χ0v) is 14.8. The Bertz CT molecular complexity index is 890. The van der Waals surface area contributed by atoms with Gasteiger partial charge in [0.1, 0.15) is 5.82 Å². The molecule has 1 amide bonds. The molecule has 0 aliphatic carbocycles. The second-order valence-electron chi connectivity index (χ2n) is 5.85. The van der Waals surface area contributed by atoms with Gasteiger partial charge in [-0.15, -0.1) is 0 Å². The lowest BCUT2D eigenvalue weighted by atomic mass is 10.2. The number of carbonyl (C=O) groups excluding carboxylic acids is 1. The molecule has 2 heterocycles. The van der Waals surface area contributed by atoms with Crippen LogP contribution in [0.4, 0.5) is 5.82 Å². The molecule has 128 valence electrons. The van der Waals surface area contributed by atoms with Gasteiger partial charge >= 0.3 is 0 Å². The first kappa shape index (κ1) is 17.0. The summed E-state index contributed by atoms with van der Waals surface area (Å²) in [6.45, 7) is 2.01. The molecule has 1 aliphatic rings. The number of sulfone groups is 1. The van der Waals surface area contributed by atoms with Gasteiger partial charge in [-0.25, -0.2) is 13.1 Å². The molecule has 1 aromatic carbocycles. The van der Waals surface area contributed by atoms with Gasteiger partial charge in [0.15, 0.2) is 9.84 Å². The van der Waals surface area contributed by atoms with Gasteiger partial charge in [-0.05, 0) is 24.6 Å². The molecule has 0 bridgehead atoms. The van der Waals surface area contributed by atoms with Gasteiger partial charge in [-0.3, -0.25) is 4.79 Å². The van der Waals surface area contributed by atoms with E-state index in [0.29, 0.717) is 34.2 Å². The highest BCUT2D eigenvalue weighted by Crippen LogP contribution is 2.33. The van der Waals surface area contributed by atoms with Gasteiger partial charge < -0.3 is 5.32 Å². The lowest BCUT2D eigenvalue weighted by molar-refractivity contribution is -0.116. The van der Waals surface area contributed by atoms with E-state index in [1.54, 1.807) is 22.9 Å². The molecule has 0 spiro atoms. The van der Waals surface area contributed by atoms with E-state index >= 15 is 0 Å². The molecule has 8 heteroatoms. The predicted molar refractivity (Wildman–Crippen MR) is 93.1 cm³/mol. The standard InChI is InChI=1S/C16H18ClN3O3S/c1-2-3-7-15(21)18-16-13-9-24(22,23)10-14(13)19-20(16)12-6-4-5-11(17)8-12/h4-6,8H,2-3,7,9-10H2,1H3,(H,18,21). The summed E-state index contributed by atoms with van der Waals surface area (Å²) >= 11 is 6.04. The number of aromatic nitrogens is 2. The number of benzene rings is 1. The summed E-state index contributed by atoms with van der Waals surface area (Å²) < 4.78 is 25.3. The predicted octanol–water partition coefficient (Wildman–Crippen LogP) is 3.08. The number of rotatable bonds is 5. The van der Waals surface area contributed by atoms with Crippen molar-refractivity contribution >= 4 is 33.2 Å². The van der Waals surface area contributed by atoms with Crippen molar-refractivity contribution in [1.29, 1.82) is 0 Å². The topological polar surface area (TPSA) is 81.1 Å². The van der Waals surface area contributed by atoms with Crippen LogP contribution in [0, 0.1) is 0 Å². The van der Waals surface area contributed by atoms with Crippen molar-refractivity contribution in [3.63, 3.8) is 0 Å². The number of hydrogen-bond donors (Lipinski definition) is 1. The molecule has 0 saturated carbocycles. The number of halogens is 1. The number of amides is 1. The van der Waals surface area contributed by atoms with Crippen molar-refractivity contribution in [3.8, 4) is 5.69 Å².